The number of nitrogens with zero attached hydrogens (tertiary/aromatic N) is 3. The first-order valence-corrected chi connectivity index (χ1v) is 8.42. The normalized spacial score (nSPS) is 30.7. The fraction of sp³-hybridized carbons (Fsp3) is 0.556. The quantitative estimate of drug-likeness (QED) is 0.879. The molecule has 0 spiro atoms. The number of carbonyl (C=O) groups is 1. The van der Waals surface area contributed by atoms with Crippen LogP contribution in [0, 0.1) is 12.3 Å². The number of amides is 1. The Morgan fingerprint density at radius 3 is 3.00 bits per heavy atom. The first kappa shape index (κ1) is 14.7. The van der Waals surface area contributed by atoms with E-state index in [0.717, 1.165) is 43.6 Å². The van der Waals surface area contributed by atoms with Gasteiger partial charge in [-0.1, -0.05) is 13.0 Å². The van der Waals surface area contributed by atoms with Crippen LogP contribution in [0.3, 0.4) is 0 Å². The maximum absolute atomic E-state index is 13.0. The maximum atomic E-state index is 13.0. The van der Waals surface area contributed by atoms with Crippen LogP contribution in [0.1, 0.15) is 48.8 Å². The van der Waals surface area contributed by atoms with Crippen LogP contribution < -0.4 is 0 Å². The van der Waals surface area contributed by atoms with E-state index in [9.17, 15) is 9.90 Å². The lowest BCUT2D eigenvalue weighted by atomic mass is 9.71. The predicted molar refractivity (Wildman–Crippen MR) is 87.3 cm³/mol. The number of aliphatic hydroxyl groups is 1. The number of aliphatic hydroxyl groups excluding tert-OH is 1. The molecule has 0 radical (unpaired) electrons. The predicted octanol–water partition coefficient (Wildman–Crippen LogP) is 2.41. The van der Waals surface area contributed by atoms with Gasteiger partial charge in [-0.25, -0.2) is 4.98 Å². The third-order valence-corrected chi connectivity index (χ3v) is 5.76. The fourth-order valence-corrected chi connectivity index (χ4v) is 4.45. The second kappa shape index (κ2) is 5.06. The Bertz CT molecular complexity index is 769. The standard InChI is InChI=1S/C18H23N3O2/c1-12-4-3-5-16-19-14(11-21(12)16)17(23)20-9-8-18(2)10-13(22)6-7-15(18)20/h3-5,11,13,15,22H,6-10H2,1-2H3/t13-,15-,18+/m1/s1. The molecule has 3 heterocycles. The van der Waals surface area contributed by atoms with E-state index in [1.165, 1.54) is 0 Å². The Morgan fingerprint density at radius 2 is 2.22 bits per heavy atom. The summed E-state index contributed by atoms with van der Waals surface area (Å²) in [5.41, 5.74) is 2.45. The number of carbonyl (C=O) groups excluding carboxylic acids is 1. The minimum atomic E-state index is -0.218. The molecule has 0 bridgehead atoms. The lowest BCUT2D eigenvalue weighted by Crippen LogP contribution is -2.46. The van der Waals surface area contributed by atoms with Gasteiger partial charge in [0.2, 0.25) is 0 Å². The van der Waals surface area contributed by atoms with Crippen molar-refractivity contribution >= 4 is 11.6 Å². The van der Waals surface area contributed by atoms with Crippen molar-refractivity contribution in [1.82, 2.24) is 14.3 Å². The molecule has 2 fully saturated rings. The summed E-state index contributed by atoms with van der Waals surface area (Å²) in [4.78, 5) is 19.5. The number of aryl methyl sites for hydroxylation is 1. The second-order valence-corrected chi connectivity index (χ2v) is 7.38. The lowest BCUT2D eigenvalue weighted by molar-refractivity contribution is 0.0209. The molecule has 1 amide bonds. The first-order valence-electron chi connectivity index (χ1n) is 8.42. The monoisotopic (exact) mass is 313 g/mol. The average Bonchev–Trinajstić information content (AvgIpc) is 3.07. The highest BCUT2D eigenvalue weighted by Crippen LogP contribution is 2.46. The molecule has 1 saturated carbocycles. The van der Waals surface area contributed by atoms with Crippen LogP contribution in [-0.4, -0.2) is 44.0 Å². The van der Waals surface area contributed by atoms with Crippen molar-refractivity contribution in [3.05, 3.63) is 35.8 Å². The molecule has 3 atom stereocenters. The highest BCUT2D eigenvalue weighted by Gasteiger charge is 2.49. The zero-order valence-corrected chi connectivity index (χ0v) is 13.7. The van der Waals surface area contributed by atoms with Gasteiger partial charge >= 0.3 is 0 Å². The van der Waals surface area contributed by atoms with Crippen molar-refractivity contribution in [3.8, 4) is 0 Å². The van der Waals surface area contributed by atoms with Gasteiger partial charge in [-0.15, -0.1) is 0 Å². The molecule has 0 unspecified atom stereocenters. The van der Waals surface area contributed by atoms with E-state index in [4.69, 9.17) is 0 Å². The molecule has 5 heteroatoms. The van der Waals surface area contributed by atoms with E-state index in [2.05, 4.69) is 11.9 Å². The summed E-state index contributed by atoms with van der Waals surface area (Å²) < 4.78 is 1.97. The van der Waals surface area contributed by atoms with E-state index in [1.807, 2.05) is 40.6 Å². The summed E-state index contributed by atoms with van der Waals surface area (Å²) in [7, 11) is 0. The molecule has 0 aromatic carbocycles. The molecule has 1 aliphatic carbocycles. The molecule has 1 saturated heterocycles. The van der Waals surface area contributed by atoms with E-state index in [1.54, 1.807) is 0 Å². The highest BCUT2D eigenvalue weighted by atomic mass is 16.3. The van der Waals surface area contributed by atoms with Crippen LogP contribution in [0.4, 0.5) is 0 Å². The average molecular weight is 313 g/mol. The number of fused-ring (bicyclic) bond motifs is 2. The minimum Gasteiger partial charge on any atom is -0.393 e. The Labute approximate surface area is 135 Å². The minimum absolute atomic E-state index is 0.0261. The third kappa shape index (κ3) is 2.26. The second-order valence-electron chi connectivity index (χ2n) is 7.38. The summed E-state index contributed by atoms with van der Waals surface area (Å²) in [5.74, 6) is 0.0261. The molecular weight excluding hydrogens is 290 g/mol. The van der Waals surface area contributed by atoms with Crippen molar-refractivity contribution in [3.63, 3.8) is 0 Å². The van der Waals surface area contributed by atoms with Crippen molar-refractivity contribution in [2.24, 2.45) is 5.41 Å². The summed E-state index contributed by atoms with van der Waals surface area (Å²) in [6, 6.07) is 6.12. The number of pyridine rings is 1. The van der Waals surface area contributed by atoms with E-state index in [0.29, 0.717) is 5.69 Å². The van der Waals surface area contributed by atoms with Gasteiger partial charge in [0.05, 0.1) is 6.10 Å². The molecule has 23 heavy (non-hydrogen) atoms. The SMILES string of the molecule is Cc1cccc2nc(C(=O)N3CC[C@@]4(C)C[C@H](O)CC[C@@H]34)cn12. The smallest absolute Gasteiger partial charge is 0.274 e. The molecule has 5 nitrogen and oxygen atoms in total. The Morgan fingerprint density at radius 1 is 1.39 bits per heavy atom. The van der Waals surface area contributed by atoms with Gasteiger partial charge in [0.15, 0.2) is 0 Å². The van der Waals surface area contributed by atoms with Gasteiger partial charge in [0.1, 0.15) is 11.3 Å². The number of rotatable bonds is 1. The Balaban J connectivity index is 1.65. The summed E-state index contributed by atoms with van der Waals surface area (Å²) >= 11 is 0. The van der Waals surface area contributed by atoms with Gasteiger partial charge in [-0.05, 0) is 50.2 Å². The van der Waals surface area contributed by atoms with Gasteiger partial charge in [-0.2, -0.15) is 0 Å². The maximum Gasteiger partial charge on any atom is 0.274 e. The van der Waals surface area contributed by atoms with E-state index >= 15 is 0 Å². The fourth-order valence-electron chi connectivity index (χ4n) is 4.45. The van der Waals surface area contributed by atoms with Gasteiger partial charge < -0.3 is 14.4 Å². The van der Waals surface area contributed by atoms with Crippen LogP contribution in [0.2, 0.25) is 0 Å². The van der Waals surface area contributed by atoms with Crippen molar-refractivity contribution < 1.29 is 9.90 Å². The molecule has 2 aliphatic rings. The Hall–Kier alpha value is -1.88. The van der Waals surface area contributed by atoms with Gasteiger partial charge in [-0.3, -0.25) is 4.79 Å². The van der Waals surface area contributed by atoms with Gasteiger partial charge in [0, 0.05) is 24.5 Å². The van der Waals surface area contributed by atoms with Crippen molar-refractivity contribution in [1.29, 1.82) is 0 Å². The number of imidazole rings is 1. The van der Waals surface area contributed by atoms with Crippen LogP contribution in [-0.2, 0) is 0 Å². The van der Waals surface area contributed by atoms with E-state index < -0.39 is 0 Å². The van der Waals surface area contributed by atoms with Crippen LogP contribution in [0.5, 0.6) is 0 Å². The van der Waals surface area contributed by atoms with E-state index in [-0.39, 0.29) is 23.5 Å². The number of aromatic nitrogens is 2. The van der Waals surface area contributed by atoms with Crippen LogP contribution in [0.15, 0.2) is 24.4 Å². The number of likely N-dealkylation sites (tertiary alicyclic amines) is 1. The summed E-state index contributed by atoms with van der Waals surface area (Å²) in [6.45, 7) is 4.99. The largest absolute Gasteiger partial charge is 0.393 e. The zero-order chi connectivity index (χ0) is 16.2. The van der Waals surface area contributed by atoms with Crippen LogP contribution >= 0.6 is 0 Å². The third-order valence-electron chi connectivity index (χ3n) is 5.76. The molecule has 2 aromatic heterocycles. The zero-order valence-electron chi connectivity index (χ0n) is 13.7. The number of hydrogen-bond acceptors (Lipinski definition) is 3. The molecule has 4 rings (SSSR count). The highest BCUT2D eigenvalue weighted by molar-refractivity contribution is 5.93. The molecule has 1 N–H and O–H groups in total. The van der Waals surface area contributed by atoms with Crippen molar-refractivity contribution in [2.45, 2.75) is 51.7 Å². The Kier molecular flexibility index (Phi) is 3.23. The molecular formula is C18H23N3O2. The van der Waals surface area contributed by atoms with Crippen molar-refractivity contribution in [2.75, 3.05) is 6.54 Å². The molecule has 2 aromatic rings. The number of hydrogen-bond donors (Lipinski definition) is 1. The van der Waals surface area contributed by atoms with Gasteiger partial charge in [0.25, 0.3) is 5.91 Å². The van der Waals surface area contributed by atoms with Crippen LogP contribution in [0.25, 0.3) is 5.65 Å². The first-order chi connectivity index (χ1) is 11.0. The molecule has 1 aliphatic heterocycles. The lowest BCUT2D eigenvalue weighted by Gasteiger charge is -2.41. The topological polar surface area (TPSA) is 57.8 Å². The summed E-state index contributed by atoms with van der Waals surface area (Å²) in [6.07, 6.45) is 5.06. The molecule has 122 valence electrons. The summed E-state index contributed by atoms with van der Waals surface area (Å²) in [5, 5.41) is 9.97.